The molecule has 1 aliphatic rings. The third-order valence-corrected chi connectivity index (χ3v) is 3.67. The van der Waals surface area contributed by atoms with Gasteiger partial charge in [-0.05, 0) is 57.0 Å². The Morgan fingerprint density at radius 2 is 2.06 bits per heavy atom. The lowest BCUT2D eigenvalue weighted by Crippen LogP contribution is -2.39. The molecule has 0 amide bonds. The molecule has 0 spiro atoms. The molecule has 2 atom stereocenters. The van der Waals surface area contributed by atoms with Gasteiger partial charge < -0.3 is 10.2 Å². The van der Waals surface area contributed by atoms with Crippen LogP contribution in [0.15, 0.2) is 24.3 Å². The van der Waals surface area contributed by atoms with E-state index in [4.69, 9.17) is 0 Å². The first kappa shape index (κ1) is 13.5. The molecule has 1 aliphatic heterocycles. The molecule has 1 heterocycles. The Morgan fingerprint density at radius 3 is 2.72 bits per heavy atom. The summed E-state index contributed by atoms with van der Waals surface area (Å²) < 4.78 is 12.8. The van der Waals surface area contributed by atoms with Crippen molar-refractivity contribution in [2.75, 3.05) is 20.1 Å². The predicted octanol–water partition coefficient (Wildman–Crippen LogP) is 2.65. The minimum Gasteiger partial charge on any atom is -0.314 e. The van der Waals surface area contributed by atoms with E-state index in [1.54, 1.807) is 0 Å². The van der Waals surface area contributed by atoms with Crippen LogP contribution in [0.2, 0.25) is 0 Å². The van der Waals surface area contributed by atoms with E-state index in [0.717, 1.165) is 25.6 Å². The van der Waals surface area contributed by atoms with Gasteiger partial charge in [0.25, 0.3) is 0 Å². The summed E-state index contributed by atoms with van der Waals surface area (Å²) in [6.07, 6.45) is 2.52. The standard InChI is InChI=1S/C15H23FN2/c1-12-9-14(7-8-17-12)11-18(2)10-13-3-5-15(16)6-4-13/h3-6,12,14,17H,7-11H2,1-2H3. The van der Waals surface area contributed by atoms with E-state index in [0.29, 0.717) is 6.04 Å². The van der Waals surface area contributed by atoms with E-state index in [-0.39, 0.29) is 5.82 Å². The third-order valence-electron chi connectivity index (χ3n) is 3.67. The number of benzene rings is 1. The SMILES string of the molecule is CC1CC(CN(C)Cc2ccc(F)cc2)CCN1. The number of rotatable bonds is 4. The number of piperidine rings is 1. The molecule has 0 aromatic heterocycles. The molecule has 1 aromatic rings. The van der Waals surface area contributed by atoms with E-state index in [1.807, 2.05) is 12.1 Å². The summed E-state index contributed by atoms with van der Waals surface area (Å²) in [6, 6.07) is 7.46. The summed E-state index contributed by atoms with van der Waals surface area (Å²) in [5.74, 6) is 0.625. The average molecular weight is 250 g/mol. The maximum Gasteiger partial charge on any atom is 0.123 e. The maximum atomic E-state index is 12.8. The first-order chi connectivity index (χ1) is 8.63. The van der Waals surface area contributed by atoms with E-state index in [9.17, 15) is 4.39 Å². The lowest BCUT2D eigenvalue weighted by atomic mass is 9.93. The van der Waals surface area contributed by atoms with E-state index in [1.165, 1.54) is 30.5 Å². The van der Waals surface area contributed by atoms with Crippen LogP contribution < -0.4 is 5.32 Å². The third kappa shape index (κ3) is 4.07. The fourth-order valence-corrected chi connectivity index (χ4v) is 2.81. The number of hydrogen-bond donors (Lipinski definition) is 1. The van der Waals surface area contributed by atoms with Gasteiger partial charge in [0.05, 0.1) is 0 Å². The van der Waals surface area contributed by atoms with E-state index < -0.39 is 0 Å². The molecule has 0 saturated carbocycles. The minimum absolute atomic E-state index is 0.159. The van der Waals surface area contributed by atoms with Gasteiger partial charge >= 0.3 is 0 Å². The summed E-state index contributed by atoms with van der Waals surface area (Å²) in [4.78, 5) is 2.34. The van der Waals surface area contributed by atoms with Gasteiger partial charge in [0.1, 0.15) is 5.82 Å². The second kappa shape index (κ2) is 6.30. The Morgan fingerprint density at radius 1 is 1.33 bits per heavy atom. The highest BCUT2D eigenvalue weighted by molar-refractivity contribution is 5.15. The lowest BCUT2D eigenvalue weighted by molar-refractivity contribution is 0.215. The Kier molecular flexibility index (Phi) is 4.72. The highest BCUT2D eigenvalue weighted by Crippen LogP contribution is 2.17. The topological polar surface area (TPSA) is 15.3 Å². The van der Waals surface area contributed by atoms with Crippen molar-refractivity contribution in [3.05, 3.63) is 35.6 Å². The van der Waals surface area contributed by atoms with Crippen molar-refractivity contribution in [3.8, 4) is 0 Å². The number of halogens is 1. The monoisotopic (exact) mass is 250 g/mol. The summed E-state index contributed by atoms with van der Waals surface area (Å²) in [5, 5.41) is 3.48. The number of nitrogens with zero attached hydrogens (tertiary/aromatic N) is 1. The molecule has 2 nitrogen and oxygen atoms in total. The second-order valence-corrected chi connectivity index (χ2v) is 5.57. The van der Waals surface area contributed by atoms with Gasteiger partial charge in [-0.15, -0.1) is 0 Å². The molecular weight excluding hydrogens is 227 g/mol. The van der Waals surface area contributed by atoms with Crippen LogP contribution in [0, 0.1) is 11.7 Å². The zero-order valence-corrected chi connectivity index (χ0v) is 11.3. The van der Waals surface area contributed by atoms with Gasteiger partial charge in [0, 0.05) is 19.1 Å². The average Bonchev–Trinajstić information content (AvgIpc) is 2.32. The second-order valence-electron chi connectivity index (χ2n) is 5.57. The Bertz CT molecular complexity index is 363. The fourth-order valence-electron chi connectivity index (χ4n) is 2.81. The Labute approximate surface area is 109 Å². The van der Waals surface area contributed by atoms with Crippen molar-refractivity contribution >= 4 is 0 Å². The van der Waals surface area contributed by atoms with Gasteiger partial charge in [-0.1, -0.05) is 12.1 Å². The quantitative estimate of drug-likeness (QED) is 0.883. The van der Waals surface area contributed by atoms with Crippen LogP contribution in [0.5, 0.6) is 0 Å². The van der Waals surface area contributed by atoms with Crippen molar-refractivity contribution in [2.45, 2.75) is 32.4 Å². The molecule has 2 rings (SSSR count). The Hall–Kier alpha value is -0.930. The van der Waals surface area contributed by atoms with E-state index in [2.05, 4.69) is 24.2 Å². The van der Waals surface area contributed by atoms with Gasteiger partial charge in [0.15, 0.2) is 0 Å². The fraction of sp³-hybridized carbons (Fsp3) is 0.600. The molecule has 3 heteroatoms. The van der Waals surface area contributed by atoms with Crippen LogP contribution in [0.4, 0.5) is 4.39 Å². The van der Waals surface area contributed by atoms with Gasteiger partial charge in [-0.2, -0.15) is 0 Å². The molecule has 0 aliphatic carbocycles. The molecular formula is C15H23FN2. The Balaban J connectivity index is 1.81. The first-order valence-corrected chi connectivity index (χ1v) is 6.80. The molecule has 1 fully saturated rings. The smallest absolute Gasteiger partial charge is 0.123 e. The van der Waals surface area contributed by atoms with Gasteiger partial charge in [-0.3, -0.25) is 0 Å². The molecule has 1 aromatic carbocycles. The first-order valence-electron chi connectivity index (χ1n) is 6.80. The van der Waals surface area contributed by atoms with Gasteiger partial charge in [0.2, 0.25) is 0 Å². The molecule has 0 radical (unpaired) electrons. The summed E-state index contributed by atoms with van der Waals surface area (Å²) in [5.41, 5.74) is 1.18. The molecule has 18 heavy (non-hydrogen) atoms. The number of nitrogens with one attached hydrogen (secondary N) is 1. The normalized spacial score (nSPS) is 24.4. The van der Waals surface area contributed by atoms with Gasteiger partial charge in [-0.25, -0.2) is 4.39 Å². The van der Waals surface area contributed by atoms with Crippen molar-refractivity contribution in [1.82, 2.24) is 10.2 Å². The summed E-state index contributed by atoms with van der Waals surface area (Å²) >= 11 is 0. The lowest BCUT2D eigenvalue weighted by Gasteiger charge is -2.31. The largest absolute Gasteiger partial charge is 0.314 e. The summed E-state index contributed by atoms with van der Waals surface area (Å²) in [6.45, 7) is 5.42. The maximum absolute atomic E-state index is 12.8. The molecule has 2 unspecified atom stereocenters. The van der Waals surface area contributed by atoms with Crippen molar-refractivity contribution < 1.29 is 4.39 Å². The van der Waals surface area contributed by atoms with Crippen LogP contribution in [-0.4, -0.2) is 31.1 Å². The molecule has 0 bridgehead atoms. The summed E-state index contributed by atoms with van der Waals surface area (Å²) in [7, 11) is 2.15. The predicted molar refractivity (Wildman–Crippen MR) is 72.9 cm³/mol. The van der Waals surface area contributed by atoms with Crippen molar-refractivity contribution in [1.29, 1.82) is 0 Å². The number of hydrogen-bond acceptors (Lipinski definition) is 2. The van der Waals surface area contributed by atoms with Crippen molar-refractivity contribution in [2.24, 2.45) is 5.92 Å². The zero-order chi connectivity index (χ0) is 13.0. The van der Waals surface area contributed by atoms with Crippen LogP contribution >= 0.6 is 0 Å². The highest BCUT2D eigenvalue weighted by atomic mass is 19.1. The molecule has 1 saturated heterocycles. The minimum atomic E-state index is -0.159. The van der Waals surface area contributed by atoms with E-state index >= 15 is 0 Å². The van der Waals surface area contributed by atoms with Crippen LogP contribution in [0.25, 0.3) is 0 Å². The van der Waals surface area contributed by atoms with Crippen LogP contribution in [-0.2, 0) is 6.54 Å². The van der Waals surface area contributed by atoms with Crippen molar-refractivity contribution in [3.63, 3.8) is 0 Å². The zero-order valence-electron chi connectivity index (χ0n) is 11.3. The highest BCUT2D eigenvalue weighted by Gasteiger charge is 2.19. The molecule has 100 valence electrons. The molecule has 1 N–H and O–H groups in total. The van der Waals surface area contributed by atoms with Crippen LogP contribution in [0.3, 0.4) is 0 Å². The van der Waals surface area contributed by atoms with Crippen LogP contribution in [0.1, 0.15) is 25.3 Å².